The Morgan fingerprint density at radius 2 is 2.12 bits per heavy atom. The van der Waals surface area contributed by atoms with Crippen LogP contribution in [-0.4, -0.2) is 39.8 Å². The van der Waals surface area contributed by atoms with Crippen LogP contribution in [0.15, 0.2) is 30.5 Å². The summed E-state index contributed by atoms with van der Waals surface area (Å²) in [6.07, 6.45) is 2.86. The van der Waals surface area contributed by atoms with Crippen molar-refractivity contribution in [1.82, 2.24) is 14.9 Å². The van der Waals surface area contributed by atoms with Crippen molar-refractivity contribution >= 4 is 17.5 Å². The van der Waals surface area contributed by atoms with E-state index in [0.29, 0.717) is 25.4 Å². The number of carbonyl (C=O) groups excluding carboxylic acids is 2. The highest BCUT2D eigenvalue weighted by molar-refractivity contribution is 5.98. The summed E-state index contributed by atoms with van der Waals surface area (Å²) in [5.74, 6) is 1.36. The maximum Gasteiger partial charge on any atom is 0.265 e. The largest absolute Gasteiger partial charge is 0.482 e. The maximum absolute atomic E-state index is 12.6. The fourth-order valence-electron chi connectivity index (χ4n) is 3.31. The number of ether oxygens (including phenoxy) is 1. The summed E-state index contributed by atoms with van der Waals surface area (Å²) < 4.78 is 5.43. The monoisotopic (exact) mass is 352 g/mol. The molecule has 134 valence electrons. The van der Waals surface area contributed by atoms with Crippen molar-refractivity contribution < 1.29 is 14.3 Å². The molecule has 0 fully saturated rings. The molecule has 7 nitrogen and oxygen atoms in total. The lowest BCUT2D eigenvalue weighted by Crippen LogP contribution is -2.41. The molecule has 1 aromatic heterocycles. The molecule has 4 rings (SSSR count). The van der Waals surface area contributed by atoms with Crippen molar-refractivity contribution in [3.05, 3.63) is 47.5 Å². The summed E-state index contributed by atoms with van der Waals surface area (Å²) in [5.41, 5.74) is 2.65. The molecule has 2 aliphatic heterocycles. The van der Waals surface area contributed by atoms with Gasteiger partial charge in [-0.2, -0.15) is 0 Å². The molecule has 3 heterocycles. The molecular formula is C19H20N4O3. The third-order valence-corrected chi connectivity index (χ3v) is 4.73. The lowest BCUT2D eigenvalue weighted by molar-refractivity contribution is -0.131. The molecule has 7 heteroatoms. The highest BCUT2D eigenvalue weighted by Gasteiger charge is 2.28. The predicted octanol–water partition coefficient (Wildman–Crippen LogP) is 1.70. The Bertz CT molecular complexity index is 868. The van der Waals surface area contributed by atoms with Gasteiger partial charge in [0.2, 0.25) is 5.91 Å². The molecule has 0 radical (unpaired) electrons. The first-order valence-corrected chi connectivity index (χ1v) is 8.79. The van der Waals surface area contributed by atoms with E-state index in [0.717, 1.165) is 29.2 Å². The number of rotatable bonds is 4. The molecule has 0 N–H and O–H groups in total. The quantitative estimate of drug-likeness (QED) is 0.837. The number of fused-ring (bicyclic) bond motifs is 2. The van der Waals surface area contributed by atoms with Crippen LogP contribution < -0.4 is 9.64 Å². The van der Waals surface area contributed by atoms with Gasteiger partial charge in [0.05, 0.1) is 17.9 Å². The van der Waals surface area contributed by atoms with Crippen molar-refractivity contribution in [3.8, 4) is 5.75 Å². The first kappa shape index (κ1) is 16.5. The van der Waals surface area contributed by atoms with Crippen LogP contribution in [0, 0.1) is 0 Å². The fourth-order valence-corrected chi connectivity index (χ4v) is 3.31. The molecule has 2 aliphatic rings. The predicted molar refractivity (Wildman–Crippen MR) is 94.6 cm³/mol. The zero-order valence-corrected chi connectivity index (χ0v) is 14.6. The van der Waals surface area contributed by atoms with Crippen LogP contribution in [0.3, 0.4) is 0 Å². The summed E-state index contributed by atoms with van der Waals surface area (Å²) in [6, 6.07) is 7.39. The van der Waals surface area contributed by atoms with Gasteiger partial charge < -0.3 is 14.5 Å². The topological polar surface area (TPSA) is 75.6 Å². The number of benzene rings is 1. The Hall–Kier alpha value is -2.96. The Kier molecular flexibility index (Phi) is 4.28. The molecule has 0 unspecified atom stereocenters. The molecule has 26 heavy (non-hydrogen) atoms. The third kappa shape index (κ3) is 3.00. The number of anilines is 1. The number of hydrogen-bond acceptors (Lipinski definition) is 5. The van der Waals surface area contributed by atoms with Gasteiger partial charge in [0.25, 0.3) is 5.91 Å². The minimum Gasteiger partial charge on any atom is -0.482 e. The minimum absolute atomic E-state index is 0.00967. The Morgan fingerprint density at radius 3 is 2.96 bits per heavy atom. The number of nitrogens with zero attached hydrogens (tertiary/aromatic N) is 4. The van der Waals surface area contributed by atoms with Crippen molar-refractivity contribution in [2.75, 3.05) is 18.1 Å². The van der Waals surface area contributed by atoms with Gasteiger partial charge in [0.15, 0.2) is 6.61 Å². The van der Waals surface area contributed by atoms with E-state index in [-0.39, 0.29) is 24.8 Å². The molecule has 2 amide bonds. The van der Waals surface area contributed by atoms with E-state index in [1.54, 1.807) is 9.80 Å². The second-order valence-corrected chi connectivity index (χ2v) is 6.41. The van der Waals surface area contributed by atoms with Crippen LogP contribution in [0.4, 0.5) is 5.69 Å². The number of aryl methyl sites for hydroxylation is 1. The Morgan fingerprint density at radius 1 is 1.27 bits per heavy atom. The van der Waals surface area contributed by atoms with Gasteiger partial charge in [-0.25, -0.2) is 9.97 Å². The standard InChI is InChI=1S/C19H20N4O3/c1-2-17-20-9-13-10-22(11-14(13)21-17)18(24)7-8-23-15-5-3-4-6-16(15)26-12-19(23)25/h3-6,9H,2,7-8,10-12H2,1H3. The van der Waals surface area contributed by atoms with E-state index in [2.05, 4.69) is 9.97 Å². The number of amides is 2. The van der Waals surface area contributed by atoms with Crippen molar-refractivity contribution in [2.24, 2.45) is 0 Å². The van der Waals surface area contributed by atoms with Crippen molar-refractivity contribution in [2.45, 2.75) is 32.9 Å². The van der Waals surface area contributed by atoms with Gasteiger partial charge in [-0.1, -0.05) is 19.1 Å². The smallest absolute Gasteiger partial charge is 0.265 e. The molecule has 1 aromatic carbocycles. The van der Waals surface area contributed by atoms with Crippen LogP contribution in [0.2, 0.25) is 0 Å². The molecule has 0 aliphatic carbocycles. The molecule has 0 atom stereocenters. The van der Waals surface area contributed by atoms with Gasteiger partial charge in [-0.3, -0.25) is 9.59 Å². The fraction of sp³-hybridized carbons (Fsp3) is 0.368. The average molecular weight is 352 g/mol. The first-order valence-electron chi connectivity index (χ1n) is 8.79. The van der Waals surface area contributed by atoms with Crippen LogP contribution >= 0.6 is 0 Å². The number of para-hydroxylation sites is 2. The van der Waals surface area contributed by atoms with Gasteiger partial charge in [0, 0.05) is 37.7 Å². The molecule has 0 saturated carbocycles. The van der Waals surface area contributed by atoms with Gasteiger partial charge >= 0.3 is 0 Å². The molecule has 0 saturated heterocycles. The summed E-state index contributed by atoms with van der Waals surface area (Å²) in [5, 5.41) is 0. The zero-order chi connectivity index (χ0) is 18.1. The first-order chi connectivity index (χ1) is 12.7. The summed E-state index contributed by atoms with van der Waals surface area (Å²) in [6.45, 7) is 3.41. The molecule has 0 bridgehead atoms. The van der Waals surface area contributed by atoms with E-state index >= 15 is 0 Å². The van der Waals surface area contributed by atoms with E-state index in [1.807, 2.05) is 37.4 Å². The maximum atomic E-state index is 12.6. The minimum atomic E-state index is -0.125. The van der Waals surface area contributed by atoms with Crippen LogP contribution in [0.25, 0.3) is 0 Å². The summed E-state index contributed by atoms with van der Waals surface area (Å²) in [7, 11) is 0. The lowest BCUT2D eigenvalue weighted by atomic mass is 10.2. The lowest BCUT2D eigenvalue weighted by Gasteiger charge is -2.29. The average Bonchev–Trinajstić information content (AvgIpc) is 3.10. The van der Waals surface area contributed by atoms with E-state index in [9.17, 15) is 9.59 Å². The van der Waals surface area contributed by atoms with Crippen LogP contribution in [0.5, 0.6) is 5.75 Å². The van der Waals surface area contributed by atoms with E-state index in [4.69, 9.17) is 4.74 Å². The van der Waals surface area contributed by atoms with E-state index < -0.39 is 0 Å². The highest BCUT2D eigenvalue weighted by Crippen LogP contribution is 2.31. The van der Waals surface area contributed by atoms with Crippen molar-refractivity contribution in [3.63, 3.8) is 0 Å². The normalized spacial score (nSPS) is 15.5. The third-order valence-electron chi connectivity index (χ3n) is 4.73. The summed E-state index contributed by atoms with van der Waals surface area (Å²) in [4.78, 5) is 37.1. The van der Waals surface area contributed by atoms with Crippen LogP contribution in [-0.2, 0) is 29.1 Å². The summed E-state index contributed by atoms with van der Waals surface area (Å²) >= 11 is 0. The molecular weight excluding hydrogens is 332 g/mol. The van der Waals surface area contributed by atoms with Gasteiger partial charge in [-0.15, -0.1) is 0 Å². The highest BCUT2D eigenvalue weighted by atomic mass is 16.5. The van der Waals surface area contributed by atoms with Crippen LogP contribution in [0.1, 0.15) is 30.4 Å². The molecule has 2 aromatic rings. The molecule has 0 spiro atoms. The second kappa shape index (κ2) is 6.74. The second-order valence-electron chi connectivity index (χ2n) is 6.41. The van der Waals surface area contributed by atoms with Gasteiger partial charge in [-0.05, 0) is 12.1 Å². The number of hydrogen-bond donors (Lipinski definition) is 0. The zero-order valence-electron chi connectivity index (χ0n) is 14.6. The van der Waals surface area contributed by atoms with E-state index in [1.165, 1.54) is 0 Å². The Balaban J connectivity index is 1.41. The van der Waals surface area contributed by atoms with Gasteiger partial charge in [0.1, 0.15) is 11.6 Å². The SMILES string of the molecule is CCc1ncc2c(n1)CN(C(=O)CCN1C(=O)COc3ccccc31)C2. The van der Waals surface area contributed by atoms with Crippen molar-refractivity contribution in [1.29, 1.82) is 0 Å². The number of carbonyl (C=O) groups is 2. The Labute approximate surface area is 151 Å². The number of aromatic nitrogens is 2.